The first-order valence-electron chi connectivity index (χ1n) is 6.31. The van der Waals surface area contributed by atoms with Crippen LogP contribution >= 0.6 is 11.3 Å². The number of sulfone groups is 1. The zero-order valence-corrected chi connectivity index (χ0v) is 12.2. The lowest BCUT2D eigenvalue weighted by atomic mass is 9.91. The summed E-state index contributed by atoms with van der Waals surface area (Å²) >= 11 is 1.69. The molecule has 1 saturated heterocycles. The predicted octanol–water partition coefficient (Wildman–Crippen LogP) is 0.826. The average molecular weight is 299 g/mol. The lowest BCUT2D eigenvalue weighted by Crippen LogP contribution is -2.54. The number of aliphatic imine (C=N–C) groups is 1. The van der Waals surface area contributed by atoms with Crippen LogP contribution in [-0.4, -0.2) is 42.9 Å². The molecule has 19 heavy (non-hydrogen) atoms. The molecule has 3 heterocycles. The molecule has 7 heteroatoms. The van der Waals surface area contributed by atoms with E-state index in [9.17, 15) is 8.42 Å². The van der Waals surface area contributed by atoms with Gasteiger partial charge in [0.15, 0.2) is 15.8 Å². The van der Waals surface area contributed by atoms with Crippen LogP contribution < -0.4 is 5.73 Å². The van der Waals surface area contributed by atoms with E-state index in [0.717, 1.165) is 6.54 Å². The van der Waals surface area contributed by atoms with Gasteiger partial charge in [-0.15, -0.1) is 11.3 Å². The van der Waals surface area contributed by atoms with Crippen molar-refractivity contribution < 1.29 is 8.42 Å². The van der Waals surface area contributed by atoms with E-state index in [1.807, 2.05) is 11.4 Å². The van der Waals surface area contributed by atoms with Crippen molar-refractivity contribution in [1.29, 1.82) is 0 Å². The van der Waals surface area contributed by atoms with Crippen LogP contribution in [0.1, 0.15) is 17.7 Å². The second-order valence-electron chi connectivity index (χ2n) is 5.22. The SMILES string of the molecule is NC1=NCC2(CCS(=O)(=O)CC2)N1Cc1cccs1. The summed E-state index contributed by atoms with van der Waals surface area (Å²) in [5.74, 6) is 1.04. The van der Waals surface area contributed by atoms with Gasteiger partial charge in [-0.05, 0) is 24.3 Å². The zero-order chi connectivity index (χ0) is 13.5. The second kappa shape index (κ2) is 4.49. The Morgan fingerprint density at radius 3 is 2.79 bits per heavy atom. The summed E-state index contributed by atoms with van der Waals surface area (Å²) in [7, 11) is -2.86. The van der Waals surface area contributed by atoms with E-state index in [0.29, 0.717) is 25.3 Å². The molecule has 0 amide bonds. The molecule has 1 spiro atoms. The molecule has 0 saturated carbocycles. The minimum atomic E-state index is -2.86. The van der Waals surface area contributed by atoms with Crippen LogP contribution in [0.4, 0.5) is 0 Å². The van der Waals surface area contributed by atoms with E-state index in [1.165, 1.54) is 4.88 Å². The van der Waals surface area contributed by atoms with Gasteiger partial charge in [0.25, 0.3) is 0 Å². The van der Waals surface area contributed by atoms with Crippen molar-refractivity contribution in [2.45, 2.75) is 24.9 Å². The highest BCUT2D eigenvalue weighted by Gasteiger charge is 2.45. The van der Waals surface area contributed by atoms with Crippen molar-refractivity contribution in [3.8, 4) is 0 Å². The summed E-state index contributed by atoms with van der Waals surface area (Å²) in [5, 5.41) is 2.04. The number of rotatable bonds is 2. The maximum atomic E-state index is 11.6. The fourth-order valence-corrected chi connectivity index (χ4v) is 5.07. The van der Waals surface area contributed by atoms with E-state index >= 15 is 0 Å². The Kier molecular flexibility index (Phi) is 3.05. The Hall–Kier alpha value is -1.08. The van der Waals surface area contributed by atoms with Crippen LogP contribution in [-0.2, 0) is 16.4 Å². The van der Waals surface area contributed by atoms with Crippen molar-refractivity contribution in [3.63, 3.8) is 0 Å². The molecule has 104 valence electrons. The van der Waals surface area contributed by atoms with Gasteiger partial charge in [-0.2, -0.15) is 0 Å². The van der Waals surface area contributed by atoms with Crippen molar-refractivity contribution >= 4 is 27.1 Å². The molecule has 0 radical (unpaired) electrons. The van der Waals surface area contributed by atoms with E-state index in [2.05, 4.69) is 16.0 Å². The third-order valence-electron chi connectivity index (χ3n) is 4.04. The normalized spacial score (nSPS) is 24.6. The molecular formula is C12H17N3O2S2. The topological polar surface area (TPSA) is 75.8 Å². The molecule has 5 nitrogen and oxygen atoms in total. The average Bonchev–Trinajstić information content (AvgIpc) is 2.97. The minimum absolute atomic E-state index is 0.181. The van der Waals surface area contributed by atoms with Gasteiger partial charge in [-0.25, -0.2) is 8.42 Å². The van der Waals surface area contributed by atoms with E-state index < -0.39 is 9.84 Å². The minimum Gasteiger partial charge on any atom is -0.370 e. The molecule has 0 bridgehead atoms. The van der Waals surface area contributed by atoms with Crippen molar-refractivity contribution in [1.82, 2.24) is 4.90 Å². The lowest BCUT2D eigenvalue weighted by Gasteiger charge is -2.41. The Morgan fingerprint density at radius 1 is 1.42 bits per heavy atom. The Morgan fingerprint density at radius 2 is 2.16 bits per heavy atom. The van der Waals surface area contributed by atoms with Crippen LogP contribution in [0.15, 0.2) is 22.5 Å². The quantitative estimate of drug-likeness (QED) is 0.877. The standard InChI is InChI=1S/C12H17N3O2S2/c13-11-14-9-12(3-6-19(16,17)7-4-12)15(11)8-10-2-1-5-18-10/h1-2,5H,3-4,6-9H2,(H2,13,14). The molecule has 3 rings (SSSR count). The third-order valence-corrected chi connectivity index (χ3v) is 6.55. The number of hydrogen-bond donors (Lipinski definition) is 1. The summed E-state index contributed by atoms with van der Waals surface area (Å²) in [5.41, 5.74) is 5.82. The Bertz CT molecular complexity index is 579. The molecular weight excluding hydrogens is 282 g/mol. The molecule has 0 unspecified atom stereocenters. The van der Waals surface area contributed by atoms with Crippen molar-refractivity contribution in [2.24, 2.45) is 10.7 Å². The molecule has 0 aromatic carbocycles. The van der Waals surface area contributed by atoms with E-state index in [4.69, 9.17) is 5.73 Å². The van der Waals surface area contributed by atoms with Crippen LogP contribution in [0, 0.1) is 0 Å². The smallest absolute Gasteiger partial charge is 0.192 e. The molecule has 2 N–H and O–H groups in total. The summed E-state index contributed by atoms with van der Waals surface area (Å²) < 4.78 is 23.2. The molecule has 1 aromatic heterocycles. The molecule has 0 atom stereocenters. The lowest BCUT2D eigenvalue weighted by molar-refractivity contribution is 0.176. The zero-order valence-electron chi connectivity index (χ0n) is 10.6. The Balaban J connectivity index is 1.82. The maximum Gasteiger partial charge on any atom is 0.192 e. The summed E-state index contributed by atoms with van der Waals surface area (Å²) in [6.45, 7) is 1.35. The number of guanidine groups is 1. The van der Waals surface area contributed by atoms with Gasteiger partial charge in [0.05, 0.1) is 30.1 Å². The van der Waals surface area contributed by atoms with Crippen LogP contribution in [0.2, 0.25) is 0 Å². The first-order valence-corrected chi connectivity index (χ1v) is 9.01. The highest BCUT2D eigenvalue weighted by molar-refractivity contribution is 7.91. The number of nitrogens with two attached hydrogens (primary N) is 1. The summed E-state index contributed by atoms with van der Waals surface area (Å²) in [6.07, 6.45) is 1.26. The van der Waals surface area contributed by atoms with Crippen LogP contribution in [0.3, 0.4) is 0 Å². The van der Waals surface area contributed by atoms with Gasteiger partial charge in [0.1, 0.15) is 0 Å². The Labute approximate surface area is 117 Å². The van der Waals surface area contributed by atoms with Gasteiger partial charge in [0, 0.05) is 4.88 Å². The summed E-state index contributed by atoms with van der Waals surface area (Å²) in [4.78, 5) is 7.69. The molecule has 1 fully saturated rings. The van der Waals surface area contributed by atoms with Crippen molar-refractivity contribution in [2.75, 3.05) is 18.1 Å². The molecule has 1 aromatic rings. The molecule has 0 aliphatic carbocycles. The summed E-state index contributed by atoms with van der Waals surface area (Å²) in [6, 6.07) is 4.09. The van der Waals surface area contributed by atoms with Gasteiger partial charge in [-0.3, -0.25) is 4.99 Å². The van der Waals surface area contributed by atoms with E-state index in [-0.39, 0.29) is 17.0 Å². The predicted molar refractivity (Wildman–Crippen MR) is 77.0 cm³/mol. The largest absolute Gasteiger partial charge is 0.370 e. The van der Waals surface area contributed by atoms with Crippen molar-refractivity contribution in [3.05, 3.63) is 22.4 Å². The number of nitrogens with zero attached hydrogens (tertiary/aromatic N) is 2. The monoisotopic (exact) mass is 299 g/mol. The highest BCUT2D eigenvalue weighted by Crippen LogP contribution is 2.35. The van der Waals surface area contributed by atoms with Gasteiger partial charge < -0.3 is 10.6 Å². The fraction of sp³-hybridized carbons (Fsp3) is 0.583. The second-order valence-corrected chi connectivity index (χ2v) is 8.55. The number of hydrogen-bond acceptors (Lipinski definition) is 6. The highest BCUT2D eigenvalue weighted by atomic mass is 32.2. The molecule has 2 aliphatic heterocycles. The first kappa shape index (κ1) is 12.9. The fourth-order valence-electron chi connectivity index (χ4n) is 2.80. The third kappa shape index (κ3) is 2.36. The van der Waals surface area contributed by atoms with E-state index in [1.54, 1.807) is 11.3 Å². The van der Waals surface area contributed by atoms with Gasteiger partial charge in [-0.1, -0.05) is 6.07 Å². The maximum absolute atomic E-state index is 11.6. The van der Waals surface area contributed by atoms with Gasteiger partial charge in [0.2, 0.25) is 0 Å². The van der Waals surface area contributed by atoms with Gasteiger partial charge >= 0.3 is 0 Å². The molecule has 2 aliphatic rings. The van der Waals surface area contributed by atoms with Crippen LogP contribution in [0.5, 0.6) is 0 Å². The number of thiophene rings is 1. The first-order chi connectivity index (χ1) is 9.01. The van der Waals surface area contributed by atoms with Crippen LogP contribution in [0.25, 0.3) is 0 Å².